The van der Waals surface area contributed by atoms with Gasteiger partial charge < -0.3 is 50.6 Å². The summed E-state index contributed by atoms with van der Waals surface area (Å²) in [5.74, 6) is -0.990. The zero-order chi connectivity index (χ0) is 42.3. The van der Waals surface area contributed by atoms with Gasteiger partial charge in [-0.2, -0.15) is 0 Å². The second kappa shape index (κ2) is 15.1. The van der Waals surface area contributed by atoms with Crippen molar-refractivity contribution < 1.29 is 64.0 Å². The first kappa shape index (κ1) is 41.1. The molecule has 8 N–H and O–H groups in total. The van der Waals surface area contributed by atoms with Crippen LogP contribution in [0.3, 0.4) is 0 Å². The first-order valence-electron chi connectivity index (χ1n) is 20.4. The van der Waals surface area contributed by atoms with Crippen LogP contribution in [0.4, 0.5) is 0 Å². The van der Waals surface area contributed by atoms with Gasteiger partial charge in [0, 0.05) is 53.8 Å². The number of hydrogen-bond acceptors (Lipinski definition) is 14. The molecule has 14 heteroatoms. The molecule has 6 aliphatic rings. The number of methoxy groups -OCH3 is 1. The molecule has 59 heavy (non-hydrogen) atoms. The van der Waals surface area contributed by atoms with Crippen LogP contribution in [0.25, 0.3) is 0 Å². The van der Waals surface area contributed by atoms with Gasteiger partial charge in [0.1, 0.15) is 41.0 Å². The fraction of sp³-hybridized carbons (Fsp3) is 0.511. The Bertz CT molecular complexity index is 2240. The molecule has 0 amide bonds. The summed E-state index contributed by atoms with van der Waals surface area (Å²) < 4.78 is 17.0. The number of rotatable bonds is 5. The van der Waals surface area contributed by atoms with Gasteiger partial charge in [0.25, 0.3) is 0 Å². The molecule has 1 aliphatic heterocycles. The standard InChI is InChI=1S/C27H29NO11.C18H22O2/c1-10-22(31)13(28)6-17(38-10)39-15-8-27(36,16(30)9-29)7-12-19(15)26(35)21-20(24(12)33)23(32)11-4-3-5-14(37-2)18(11)25(21)34;1-18-9-8-14-13-5-3-12(19)10-11(13)2-4-15(14)16(18)6-7-17(18)20/h3-5,10,13,15,17,22,29,31,33,35-36H,6-9,28H2,1-2H3;3,5,10,14-16,19H,2,4,6-9H2,1H3/t10-,13-,15-,17-,22+,27-;14-,15-,16+,18+/m01/s1. The van der Waals surface area contributed by atoms with E-state index >= 15 is 0 Å². The fourth-order valence-corrected chi connectivity index (χ4v) is 11.1. The van der Waals surface area contributed by atoms with E-state index in [1.807, 2.05) is 12.1 Å². The van der Waals surface area contributed by atoms with Gasteiger partial charge in [0.15, 0.2) is 17.9 Å². The molecule has 314 valence electrons. The van der Waals surface area contributed by atoms with Gasteiger partial charge in [-0.1, -0.05) is 25.1 Å². The normalized spacial score (nSPS) is 33.0. The minimum atomic E-state index is -2.24. The van der Waals surface area contributed by atoms with Crippen LogP contribution in [0.1, 0.15) is 125 Å². The molecule has 1 saturated heterocycles. The number of phenols is 3. The lowest BCUT2D eigenvalue weighted by molar-refractivity contribution is -0.247. The van der Waals surface area contributed by atoms with Crippen molar-refractivity contribution in [2.24, 2.45) is 23.0 Å². The summed E-state index contributed by atoms with van der Waals surface area (Å²) in [4.78, 5) is 52.0. The van der Waals surface area contributed by atoms with E-state index in [1.165, 1.54) is 42.9 Å². The van der Waals surface area contributed by atoms with E-state index in [0.717, 1.165) is 32.1 Å². The van der Waals surface area contributed by atoms with Crippen molar-refractivity contribution in [3.05, 3.63) is 80.9 Å². The molecule has 0 bridgehead atoms. The lowest BCUT2D eigenvalue weighted by Gasteiger charge is -2.48. The number of aliphatic hydroxyl groups excluding tert-OH is 2. The van der Waals surface area contributed by atoms with E-state index in [0.29, 0.717) is 29.3 Å². The summed E-state index contributed by atoms with van der Waals surface area (Å²) in [5, 5.41) is 63.4. The number of fused-ring (bicyclic) bond motifs is 8. The Morgan fingerprint density at radius 3 is 2.44 bits per heavy atom. The third kappa shape index (κ3) is 6.55. The van der Waals surface area contributed by atoms with Crippen molar-refractivity contribution in [2.75, 3.05) is 13.7 Å². The molecule has 1 heterocycles. The molecule has 9 rings (SSSR count). The van der Waals surface area contributed by atoms with Gasteiger partial charge in [-0.25, -0.2) is 0 Å². The summed E-state index contributed by atoms with van der Waals surface area (Å²) in [6.07, 6.45) is 1.22. The van der Waals surface area contributed by atoms with E-state index in [4.69, 9.17) is 19.9 Å². The SMILES string of the molecule is COc1cccc2c1C(=O)c1c(O)c3c(c(O)c1C2=O)C[C@@](O)(C(=O)CO)C[C@@H]3O[C@H]1C[C@H](N)[C@H](O)[C@H](C)O1.C[C@]12CC[C@@H]3c4ccc(O)cc4CC[C@H]3[C@@H]1CCC2=O. The fourth-order valence-electron chi connectivity index (χ4n) is 11.1. The highest BCUT2D eigenvalue weighted by Crippen LogP contribution is 2.60. The number of carbonyl (C=O) groups is 4. The number of aromatic hydroxyl groups is 3. The van der Waals surface area contributed by atoms with Crippen LogP contribution >= 0.6 is 0 Å². The molecular weight excluding hydrogens is 762 g/mol. The largest absolute Gasteiger partial charge is 0.508 e. The van der Waals surface area contributed by atoms with Crippen molar-refractivity contribution in [3.63, 3.8) is 0 Å². The number of ether oxygens (including phenoxy) is 3. The minimum Gasteiger partial charge on any atom is -0.508 e. The summed E-state index contributed by atoms with van der Waals surface area (Å²) in [5.41, 5.74) is 5.12. The summed E-state index contributed by atoms with van der Waals surface area (Å²) in [7, 11) is 1.32. The maximum absolute atomic E-state index is 13.6. The summed E-state index contributed by atoms with van der Waals surface area (Å²) in [6.45, 7) is 2.78. The molecule has 0 spiro atoms. The van der Waals surface area contributed by atoms with Crippen LogP contribution in [0.15, 0.2) is 36.4 Å². The van der Waals surface area contributed by atoms with Crippen molar-refractivity contribution in [1.82, 2.24) is 0 Å². The molecule has 10 atom stereocenters. The molecular formula is C45H51NO13. The second-order valence-electron chi connectivity index (χ2n) is 17.4. The Kier molecular flexibility index (Phi) is 10.5. The Morgan fingerprint density at radius 1 is 0.983 bits per heavy atom. The summed E-state index contributed by atoms with van der Waals surface area (Å²) >= 11 is 0. The number of Topliss-reactive ketones (excluding diaryl/α,β-unsaturated/α-hetero) is 2. The van der Waals surface area contributed by atoms with Crippen LogP contribution in [0.2, 0.25) is 0 Å². The smallest absolute Gasteiger partial charge is 0.202 e. The van der Waals surface area contributed by atoms with Crippen LogP contribution in [0, 0.1) is 17.3 Å². The predicted molar refractivity (Wildman–Crippen MR) is 209 cm³/mol. The number of hydrogen-bond donors (Lipinski definition) is 7. The van der Waals surface area contributed by atoms with E-state index in [-0.39, 0.29) is 39.8 Å². The average Bonchev–Trinajstić information content (AvgIpc) is 3.52. The van der Waals surface area contributed by atoms with E-state index < -0.39 is 95.7 Å². The van der Waals surface area contributed by atoms with E-state index in [1.54, 1.807) is 6.92 Å². The molecule has 0 aromatic heterocycles. The minimum absolute atomic E-state index is 0.0173. The zero-order valence-electron chi connectivity index (χ0n) is 33.3. The number of ketones is 4. The highest BCUT2D eigenvalue weighted by molar-refractivity contribution is 6.31. The number of aliphatic hydroxyl groups is 3. The Balaban J connectivity index is 0.000000201. The lowest BCUT2D eigenvalue weighted by Crippen LogP contribution is -2.53. The van der Waals surface area contributed by atoms with Crippen LogP contribution in [-0.4, -0.2) is 97.6 Å². The third-order valence-corrected chi connectivity index (χ3v) is 14.2. The molecule has 0 radical (unpaired) electrons. The van der Waals surface area contributed by atoms with Gasteiger partial charge in [0.2, 0.25) is 5.78 Å². The quantitative estimate of drug-likeness (QED) is 0.142. The first-order valence-corrected chi connectivity index (χ1v) is 20.4. The number of phenolic OH excluding ortho intramolecular Hbond substituents is 3. The van der Waals surface area contributed by atoms with Gasteiger partial charge in [-0.3, -0.25) is 19.2 Å². The highest BCUT2D eigenvalue weighted by Gasteiger charge is 2.55. The zero-order valence-corrected chi connectivity index (χ0v) is 33.3. The Morgan fingerprint density at radius 2 is 1.73 bits per heavy atom. The first-order chi connectivity index (χ1) is 28.0. The number of carbonyl (C=O) groups excluding carboxylic acids is 4. The molecule has 3 aromatic carbocycles. The lowest BCUT2D eigenvalue weighted by atomic mass is 9.55. The van der Waals surface area contributed by atoms with Gasteiger partial charge in [0.05, 0.1) is 42.1 Å². The van der Waals surface area contributed by atoms with Crippen molar-refractivity contribution in [1.29, 1.82) is 0 Å². The van der Waals surface area contributed by atoms with Gasteiger partial charge in [-0.15, -0.1) is 0 Å². The summed E-state index contributed by atoms with van der Waals surface area (Å²) in [6, 6.07) is 9.53. The maximum Gasteiger partial charge on any atom is 0.202 e. The Labute approximate surface area is 340 Å². The second-order valence-corrected chi connectivity index (χ2v) is 17.4. The number of benzene rings is 3. The highest BCUT2D eigenvalue weighted by atomic mass is 16.7. The number of nitrogens with two attached hydrogens (primary N) is 1. The topological polar surface area (TPSA) is 243 Å². The predicted octanol–water partition coefficient (Wildman–Crippen LogP) is 3.82. The molecule has 3 fully saturated rings. The van der Waals surface area contributed by atoms with Crippen molar-refractivity contribution in [2.45, 2.75) is 114 Å². The van der Waals surface area contributed by atoms with E-state index in [2.05, 4.69) is 13.0 Å². The monoisotopic (exact) mass is 813 g/mol. The maximum atomic E-state index is 13.6. The Hall–Kier alpha value is -4.70. The number of aryl methyl sites for hydroxylation is 1. The van der Waals surface area contributed by atoms with Crippen LogP contribution in [0.5, 0.6) is 23.0 Å². The van der Waals surface area contributed by atoms with E-state index in [9.17, 15) is 49.8 Å². The third-order valence-electron chi connectivity index (χ3n) is 14.2. The van der Waals surface area contributed by atoms with Crippen molar-refractivity contribution >= 4 is 23.1 Å². The van der Waals surface area contributed by atoms with Crippen molar-refractivity contribution in [3.8, 4) is 23.0 Å². The average molecular weight is 814 g/mol. The molecule has 14 nitrogen and oxygen atoms in total. The van der Waals surface area contributed by atoms with Gasteiger partial charge >= 0.3 is 0 Å². The molecule has 5 aliphatic carbocycles. The molecule has 0 unspecified atom stereocenters. The van der Waals surface area contributed by atoms with Gasteiger partial charge in [-0.05, 0) is 86.1 Å². The van der Waals surface area contributed by atoms with Crippen LogP contribution < -0.4 is 10.5 Å². The molecule has 3 aromatic rings. The van der Waals surface area contributed by atoms with Crippen LogP contribution in [-0.2, 0) is 31.9 Å². The molecule has 2 saturated carbocycles.